The van der Waals surface area contributed by atoms with Gasteiger partial charge in [0, 0.05) is 90.1 Å². The lowest BCUT2D eigenvalue weighted by Gasteiger charge is -2.44. The molecule has 0 spiro atoms. The maximum Gasteiger partial charge on any atom is 0.0675 e. The van der Waals surface area contributed by atoms with E-state index in [-0.39, 0.29) is 0 Å². The van der Waals surface area contributed by atoms with Gasteiger partial charge < -0.3 is 29.7 Å². The second-order valence-corrected chi connectivity index (χ2v) is 20.1. The number of benzene rings is 3. The third kappa shape index (κ3) is 7.68. The highest BCUT2D eigenvalue weighted by atomic mass is 15.3. The van der Waals surface area contributed by atoms with Crippen molar-refractivity contribution in [1.82, 2.24) is 59.0 Å². The van der Waals surface area contributed by atoms with Gasteiger partial charge in [0.15, 0.2) is 0 Å². The Hall–Kier alpha value is -6.21. The highest BCUT2D eigenvalue weighted by molar-refractivity contribution is 5.86. The lowest BCUT2D eigenvalue weighted by Crippen LogP contribution is -2.48. The molecule has 9 aliphatic rings. The maximum absolute atomic E-state index is 4.68. The van der Waals surface area contributed by atoms with Crippen molar-refractivity contribution < 1.29 is 0 Å². The quantitative estimate of drug-likeness (QED) is 0.154. The molecule has 6 aromatic heterocycles. The Morgan fingerprint density at radius 1 is 0.364 bits per heavy atom. The number of nitrogens with one attached hydrogen (secondary N) is 3. The third-order valence-corrected chi connectivity index (χ3v) is 16.3. The average Bonchev–Trinajstić information content (AvgIpc) is 4.26. The Balaban J connectivity index is 0.0000000988. The van der Waals surface area contributed by atoms with Crippen molar-refractivity contribution in [2.24, 2.45) is 17.8 Å². The Morgan fingerprint density at radius 2 is 0.667 bits per heavy atom. The zero-order chi connectivity index (χ0) is 43.6. The Labute approximate surface area is 385 Å². The molecule has 12 nitrogen and oxygen atoms in total. The second kappa shape index (κ2) is 16.9. The molecule has 12 heteroatoms. The predicted molar refractivity (Wildman–Crippen MR) is 263 cm³/mol. The van der Waals surface area contributed by atoms with Crippen LogP contribution in [-0.4, -0.2) is 118 Å². The molecular weight excluding hydrogens is 817 g/mol. The van der Waals surface area contributed by atoms with Crippen LogP contribution >= 0.6 is 0 Å². The Kier molecular flexibility index (Phi) is 10.3. The molecule has 336 valence electrons. The SMILES string of the molecule is c1cc2cc(-c3cnn(C4CN5CCC4CC5)c3)ccc2[nH]1.c1cc2cc(-c3cnn(C4CN5CCC4CC5)c3)ccc2[nH]1.c1cc2cc(-c3cnn(C4CN5CCC4CC5)c3)ccc2[nH]1. The highest BCUT2D eigenvalue weighted by Crippen LogP contribution is 2.39. The summed E-state index contributed by atoms with van der Waals surface area (Å²) in [5, 5.41) is 17.8. The zero-order valence-corrected chi connectivity index (χ0v) is 37.7. The van der Waals surface area contributed by atoms with E-state index in [1.807, 2.05) is 37.2 Å². The molecule has 0 saturated carbocycles. The number of nitrogens with zero attached hydrogens (tertiary/aromatic N) is 9. The molecule has 66 heavy (non-hydrogen) atoms. The van der Waals surface area contributed by atoms with Crippen molar-refractivity contribution in [3.63, 3.8) is 0 Å². The Bertz CT molecular complexity index is 2750. The van der Waals surface area contributed by atoms with Crippen LogP contribution in [-0.2, 0) is 0 Å². The standard InChI is InChI=1S/3C18H20N4/c3*1-2-17-15(3-6-19-17)9-14(1)16-10-20-22(11-16)18-12-21-7-4-13(18)5-8-21/h3*1-3,6,9-11,13,18-19H,4-5,7-8,12H2. The third-order valence-electron chi connectivity index (χ3n) is 16.3. The van der Waals surface area contributed by atoms with Gasteiger partial charge in [-0.3, -0.25) is 14.0 Å². The van der Waals surface area contributed by atoms with Crippen molar-refractivity contribution >= 4 is 32.7 Å². The number of hydrogen-bond donors (Lipinski definition) is 3. The van der Waals surface area contributed by atoms with E-state index in [0.717, 1.165) is 17.8 Å². The molecule has 9 aliphatic heterocycles. The van der Waals surface area contributed by atoms with Gasteiger partial charge in [0.2, 0.25) is 0 Å². The average molecular weight is 877 g/mol. The van der Waals surface area contributed by atoms with E-state index in [4.69, 9.17) is 0 Å². The minimum atomic E-state index is 0.562. The van der Waals surface area contributed by atoms with Crippen LogP contribution in [0.1, 0.15) is 56.7 Å². The van der Waals surface area contributed by atoms with Gasteiger partial charge in [-0.2, -0.15) is 15.3 Å². The van der Waals surface area contributed by atoms with Crippen LogP contribution in [0.4, 0.5) is 0 Å². The molecule has 3 atom stereocenters. The number of H-pyrrole nitrogens is 3. The summed E-state index contributed by atoms with van der Waals surface area (Å²) in [5.41, 5.74) is 11.0. The first kappa shape index (κ1) is 40.1. The van der Waals surface area contributed by atoms with Gasteiger partial charge >= 0.3 is 0 Å². The summed E-state index contributed by atoms with van der Waals surface area (Å²) < 4.78 is 6.64. The van der Waals surface area contributed by atoms with Gasteiger partial charge in [-0.15, -0.1) is 0 Å². The first-order chi connectivity index (χ1) is 32.6. The summed E-state index contributed by atoms with van der Waals surface area (Å²) in [6, 6.07) is 27.8. The summed E-state index contributed by atoms with van der Waals surface area (Å²) in [6.45, 7) is 11.2. The van der Waals surface area contributed by atoms with E-state index in [9.17, 15) is 0 Å². The molecule has 0 amide bonds. The molecule has 9 fully saturated rings. The molecule has 15 heterocycles. The molecule has 0 aliphatic carbocycles. The van der Waals surface area contributed by atoms with Gasteiger partial charge in [-0.1, -0.05) is 18.2 Å². The van der Waals surface area contributed by atoms with Crippen molar-refractivity contribution in [3.05, 3.63) is 129 Å². The second-order valence-electron chi connectivity index (χ2n) is 20.1. The fourth-order valence-corrected chi connectivity index (χ4v) is 12.4. The van der Waals surface area contributed by atoms with E-state index in [1.165, 1.54) is 164 Å². The van der Waals surface area contributed by atoms with Crippen LogP contribution in [0, 0.1) is 17.8 Å². The number of aromatic amines is 3. The first-order valence-corrected chi connectivity index (χ1v) is 24.6. The normalized spacial score (nSPS) is 27.5. The summed E-state index contributed by atoms with van der Waals surface area (Å²) in [6.07, 6.45) is 26.7. The predicted octanol–water partition coefficient (Wildman–Crippen LogP) is 9.89. The van der Waals surface area contributed by atoms with Crippen LogP contribution < -0.4 is 0 Å². The molecule has 3 aromatic carbocycles. The smallest absolute Gasteiger partial charge is 0.0675 e. The summed E-state index contributed by atoms with van der Waals surface area (Å²) in [7, 11) is 0. The molecule has 3 N–H and O–H groups in total. The molecule has 9 saturated heterocycles. The van der Waals surface area contributed by atoms with E-state index < -0.39 is 0 Å². The molecule has 3 unspecified atom stereocenters. The van der Waals surface area contributed by atoms with E-state index in [2.05, 4.69) is 150 Å². The fraction of sp³-hybridized carbons (Fsp3) is 0.389. The molecule has 9 aromatic rings. The van der Waals surface area contributed by atoms with Crippen LogP contribution in [0.25, 0.3) is 66.1 Å². The summed E-state index contributed by atoms with van der Waals surface area (Å²) in [5.74, 6) is 2.43. The largest absolute Gasteiger partial charge is 0.361 e. The van der Waals surface area contributed by atoms with Gasteiger partial charge in [0.05, 0.1) is 36.7 Å². The van der Waals surface area contributed by atoms with Gasteiger partial charge in [0.25, 0.3) is 0 Å². The van der Waals surface area contributed by atoms with Crippen LogP contribution in [0.5, 0.6) is 0 Å². The minimum Gasteiger partial charge on any atom is -0.361 e. The molecule has 18 rings (SSSR count). The van der Waals surface area contributed by atoms with Crippen molar-refractivity contribution in [2.75, 3.05) is 58.9 Å². The first-order valence-electron chi connectivity index (χ1n) is 24.6. The maximum atomic E-state index is 4.68. The lowest BCUT2D eigenvalue weighted by atomic mass is 9.84. The van der Waals surface area contributed by atoms with Crippen LogP contribution in [0.3, 0.4) is 0 Å². The highest BCUT2D eigenvalue weighted by Gasteiger charge is 2.38. The molecular formula is C54H60N12. The summed E-state index contributed by atoms with van der Waals surface area (Å²) in [4.78, 5) is 17.5. The van der Waals surface area contributed by atoms with Gasteiger partial charge in [-0.25, -0.2) is 0 Å². The van der Waals surface area contributed by atoms with Gasteiger partial charge in [-0.05, 0) is 183 Å². The number of piperidine rings is 9. The van der Waals surface area contributed by atoms with Crippen molar-refractivity contribution in [1.29, 1.82) is 0 Å². The number of rotatable bonds is 6. The van der Waals surface area contributed by atoms with Crippen molar-refractivity contribution in [2.45, 2.75) is 56.7 Å². The number of hydrogen-bond acceptors (Lipinski definition) is 6. The van der Waals surface area contributed by atoms with E-state index in [0.29, 0.717) is 18.1 Å². The van der Waals surface area contributed by atoms with Gasteiger partial charge in [0.1, 0.15) is 0 Å². The van der Waals surface area contributed by atoms with Crippen LogP contribution in [0.15, 0.2) is 129 Å². The fourth-order valence-electron chi connectivity index (χ4n) is 12.4. The topological polar surface area (TPSA) is 111 Å². The number of fused-ring (bicyclic) bond motifs is 12. The molecule has 6 bridgehead atoms. The zero-order valence-electron chi connectivity index (χ0n) is 37.7. The minimum absolute atomic E-state index is 0.562. The monoisotopic (exact) mass is 877 g/mol. The lowest BCUT2D eigenvalue weighted by molar-refractivity contribution is 0.0513. The number of aromatic nitrogens is 9. The Morgan fingerprint density at radius 3 is 0.939 bits per heavy atom. The summed E-state index contributed by atoms with van der Waals surface area (Å²) >= 11 is 0. The van der Waals surface area contributed by atoms with Crippen molar-refractivity contribution in [3.8, 4) is 33.4 Å². The van der Waals surface area contributed by atoms with E-state index in [1.54, 1.807) is 0 Å². The van der Waals surface area contributed by atoms with E-state index >= 15 is 0 Å². The van der Waals surface area contributed by atoms with Crippen LogP contribution in [0.2, 0.25) is 0 Å². The molecule has 0 radical (unpaired) electrons.